The minimum atomic E-state index is -3.44. The number of piperidine rings is 1. The van der Waals surface area contributed by atoms with Crippen molar-refractivity contribution >= 4 is 16.1 Å². The van der Waals surface area contributed by atoms with Gasteiger partial charge in [-0.1, -0.05) is 0 Å². The summed E-state index contributed by atoms with van der Waals surface area (Å²) in [5.41, 5.74) is 1.40. The van der Waals surface area contributed by atoms with Crippen LogP contribution in [0.15, 0.2) is 6.07 Å². The van der Waals surface area contributed by atoms with Gasteiger partial charge in [-0.2, -0.15) is 22.1 Å². The van der Waals surface area contributed by atoms with Crippen LogP contribution in [0.2, 0.25) is 0 Å². The van der Waals surface area contributed by atoms with Crippen molar-refractivity contribution in [1.82, 2.24) is 23.3 Å². The highest BCUT2D eigenvalue weighted by atomic mass is 32.2. The average molecular weight is 400 g/mol. The van der Waals surface area contributed by atoms with E-state index < -0.39 is 10.2 Å². The highest BCUT2D eigenvalue weighted by Gasteiger charge is 2.33. The molecule has 0 bridgehead atoms. The Labute approximate surface area is 161 Å². The normalized spacial score (nSPS) is 22.1. The number of hydrogen-bond acceptors (Lipinski definition) is 5. The van der Waals surface area contributed by atoms with E-state index in [0.717, 1.165) is 25.0 Å². The zero-order valence-corrected chi connectivity index (χ0v) is 17.1. The van der Waals surface area contributed by atoms with Gasteiger partial charge in [0.25, 0.3) is 16.1 Å². The zero-order chi connectivity index (χ0) is 19.6. The summed E-state index contributed by atoms with van der Waals surface area (Å²) in [5.74, 6) is -0.0231. The molecule has 10 heteroatoms. The SMILES string of the molecule is COCCN1CCCn2nc(C3CCCN(S(=O)(=O)N(C)C)C3)cc2C1=O. The summed E-state index contributed by atoms with van der Waals surface area (Å²) in [6, 6.07) is 1.85. The molecule has 0 aromatic carbocycles. The number of amides is 1. The van der Waals surface area contributed by atoms with Gasteiger partial charge in [0, 0.05) is 59.8 Å². The number of ether oxygens (including phenoxy) is 1. The van der Waals surface area contributed by atoms with E-state index in [4.69, 9.17) is 4.74 Å². The van der Waals surface area contributed by atoms with Crippen LogP contribution in [-0.2, 0) is 21.5 Å². The highest BCUT2D eigenvalue weighted by molar-refractivity contribution is 7.86. The van der Waals surface area contributed by atoms with Gasteiger partial charge < -0.3 is 9.64 Å². The van der Waals surface area contributed by atoms with E-state index >= 15 is 0 Å². The third kappa shape index (κ3) is 4.18. The van der Waals surface area contributed by atoms with Crippen molar-refractivity contribution in [3.63, 3.8) is 0 Å². The van der Waals surface area contributed by atoms with Crippen molar-refractivity contribution in [2.45, 2.75) is 31.7 Å². The van der Waals surface area contributed by atoms with Crippen molar-refractivity contribution in [2.24, 2.45) is 0 Å². The number of aryl methyl sites for hydroxylation is 1. The number of nitrogens with zero attached hydrogens (tertiary/aromatic N) is 5. The number of carbonyl (C=O) groups excluding carboxylic acids is 1. The van der Waals surface area contributed by atoms with Crippen LogP contribution in [0.1, 0.15) is 41.4 Å². The molecule has 0 saturated carbocycles. The Bertz CT molecular complexity index is 776. The lowest BCUT2D eigenvalue weighted by atomic mass is 9.96. The maximum absolute atomic E-state index is 12.8. The molecule has 0 spiro atoms. The molecular weight excluding hydrogens is 370 g/mol. The zero-order valence-electron chi connectivity index (χ0n) is 16.3. The Morgan fingerprint density at radius 2 is 2.04 bits per heavy atom. The Kier molecular flexibility index (Phi) is 6.19. The lowest BCUT2D eigenvalue weighted by Gasteiger charge is -2.32. The maximum atomic E-state index is 12.8. The lowest BCUT2D eigenvalue weighted by molar-refractivity contribution is 0.0698. The Morgan fingerprint density at radius 3 is 2.74 bits per heavy atom. The molecule has 2 aliphatic heterocycles. The minimum absolute atomic E-state index is 0.00752. The Morgan fingerprint density at radius 1 is 1.26 bits per heavy atom. The van der Waals surface area contributed by atoms with E-state index in [2.05, 4.69) is 5.10 Å². The molecule has 3 rings (SSSR count). The van der Waals surface area contributed by atoms with Gasteiger partial charge in [-0.3, -0.25) is 9.48 Å². The van der Waals surface area contributed by atoms with Crippen LogP contribution in [-0.4, -0.2) is 91.6 Å². The second-order valence-electron chi connectivity index (χ2n) is 7.30. The standard InChI is InChI=1S/C17H29N5O4S/c1-19(2)27(24,25)21-8-4-6-14(13-21)15-12-16-17(23)20(10-11-26-3)7-5-9-22(16)18-15/h12,14H,4-11,13H2,1-3H3. The van der Waals surface area contributed by atoms with Crippen molar-refractivity contribution in [1.29, 1.82) is 0 Å². The minimum Gasteiger partial charge on any atom is -0.383 e. The molecule has 0 radical (unpaired) electrons. The number of carbonyl (C=O) groups is 1. The van der Waals surface area contributed by atoms with Gasteiger partial charge in [-0.15, -0.1) is 0 Å². The molecular formula is C17H29N5O4S. The van der Waals surface area contributed by atoms with Gasteiger partial charge in [0.15, 0.2) is 0 Å². The van der Waals surface area contributed by atoms with Crippen LogP contribution in [0.3, 0.4) is 0 Å². The van der Waals surface area contributed by atoms with Crippen molar-refractivity contribution < 1.29 is 17.9 Å². The van der Waals surface area contributed by atoms with E-state index in [0.29, 0.717) is 45.0 Å². The molecule has 27 heavy (non-hydrogen) atoms. The van der Waals surface area contributed by atoms with Gasteiger partial charge in [-0.25, -0.2) is 0 Å². The summed E-state index contributed by atoms with van der Waals surface area (Å²) in [6.45, 7) is 3.38. The molecule has 152 valence electrons. The topological polar surface area (TPSA) is 88.0 Å². The van der Waals surface area contributed by atoms with Crippen LogP contribution in [0, 0.1) is 0 Å². The smallest absolute Gasteiger partial charge is 0.281 e. The van der Waals surface area contributed by atoms with Gasteiger partial charge in [0.05, 0.1) is 12.3 Å². The van der Waals surface area contributed by atoms with E-state index in [1.54, 1.807) is 30.8 Å². The number of methoxy groups -OCH3 is 1. The summed E-state index contributed by atoms with van der Waals surface area (Å²) in [6.07, 6.45) is 2.50. The number of hydrogen-bond donors (Lipinski definition) is 0. The fraction of sp³-hybridized carbons (Fsp3) is 0.765. The number of aromatic nitrogens is 2. The van der Waals surface area contributed by atoms with E-state index in [9.17, 15) is 13.2 Å². The summed E-state index contributed by atoms with van der Waals surface area (Å²) in [7, 11) is 1.28. The Balaban J connectivity index is 1.79. The fourth-order valence-corrected chi connectivity index (χ4v) is 4.88. The van der Waals surface area contributed by atoms with Gasteiger partial charge in [0.2, 0.25) is 0 Å². The first-order valence-corrected chi connectivity index (χ1v) is 10.8. The summed E-state index contributed by atoms with van der Waals surface area (Å²) in [4.78, 5) is 14.7. The lowest BCUT2D eigenvalue weighted by Crippen LogP contribution is -2.44. The van der Waals surface area contributed by atoms with Crippen LogP contribution in [0.5, 0.6) is 0 Å². The summed E-state index contributed by atoms with van der Waals surface area (Å²) < 4.78 is 34.5. The molecule has 0 N–H and O–H groups in total. The van der Waals surface area contributed by atoms with Crippen molar-refractivity contribution in [3.8, 4) is 0 Å². The monoisotopic (exact) mass is 399 g/mol. The highest BCUT2D eigenvalue weighted by Crippen LogP contribution is 2.29. The molecule has 1 unspecified atom stereocenters. The second kappa shape index (κ2) is 8.26. The predicted molar refractivity (Wildman–Crippen MR) is 101 cm³/mol. The van der Waals surface area contributed by atoms with Gasteiger partial charge in [0.1, 0.15) is 5.69 Å². The first kappa shape index (κ1) is 20.2. The molecule has 1 saturated heterocycles. The van der Waals surface area contributed by atoms with E-state index in [1.165, 1.54) is 8.61 Å². The van der Waals surface area contributed by atoms with Gasteiger partial charge >= 0.3 is 0 Å². The molecule has 1 fully saturated rings. The fourth-order valence-electron chi connectivity index (χ4n) is 3.69. The quantitative estimate of drug-likeness (QED) is 0.689. The van der Waals surface area contributed by atoms with E-state index in [1.807, 2.05) is 6.07 Å². The van der Waals surface area contributed by atoms with Crippen molar-refractivity contribution in [3.05, 3.63) is 17.5 Å². The van der Waals surface area contributed by atoms with Crippen LogP contribution >= 0.6 is 0 Å². The number of rotatable bonds is 6. The Hall–Kier alpha value is -1.49. The molecule has 1 aromatic heterocycles. The third-order valence-corrected chi connectivity index (χ3v) is 7.17. The largest absolute Gasteiger partial charge is 0.383 e. The molecule has 1 amide bonds. The average Bonchev–Trinajstić information content (AvgIpc) is 3.02. The maximum Gasteiger partial charge on any atom is 0.281 e. The van der Waals surface area contributed by atoms with Crippen molar-refractivity contribution in [2.75, 3.05) is 54.0 Å². The van der Waals surface area contributed by atoms with Crippen LogP contribution in [0.4, 0.5) is 0 Å². The molecule has 3 heterocycles. The van der Waals surface area contributed by atoms with Gasteiger partial charge in [-0.05, 0) is 25.3 Å². The molecule has 1 aromatic rings. The molecule has 2 aliphatic rings. The molecule has 9 nitrogen and oxygen atoms in total. The van der Waals surface area contributed by atoms with Crippen LogP contribution in [0.25, 0.3) is 0 Å². The third-order valence-electron chi connectivity index (χ3n) is 5.26. The van der Waals surface area contributed by atoms with E-state index in [-0.39, 0.29) is 11.8 Å². The second-order valence-corrected chi connectivity index (χ2v) is 9.45. The molecule has 1 atom stereocenters. The number of fused-ring (bicyclic) bond motifs is 1. The predicted octanol–water partition coefficient (Wildman–Crippen LogP) is 0.361. The summed E-state index contributed by atoms with van der Waals surface area (Å²) in [5, 5.41) is 4.66. The van der Waals surface area contributed by atoms with Crippen LogP contribution < -0.4 is 0 Å². The first-order valence-electron chi connectivity index (χ1n) is 9.38. The molecule has 0 aliphatic carbocycles. The summed E-state index contributed by atoms with van der Waals surface area (Å²) >= 11 is 0. The first-order chi connectivity index (χ1) is 12.8.